The van der Waals surface area contributed by atoms with Crippen molar-refractivity contribution < 1.29 is 78.3 Å². The van der Waals surface area contributed by atoms with Gasteiger partial charge in [0.15, 0.2) is 63.1 Å². The number of phenolic OH excluding ortho intramolecular Hbond substituents is 1. The van der Waals surface area contributed by atoms with E-state index in [0.29, 0.717) is 20.5 Å². The molecule has 0 saturated carbocycles. The van der Waals surface area contributed by atoms with E-state index >= 15 is 0 Å². The minimum atomic E-state index is -0.739. The summed E-state index contributed by atoms with van der Waals surface area (Å²) in [5.41, 5.74) is 2.52. The van der Waals surface area contributed by atoms with Crippen molar-refractivity contribution in [2.75, 3.05) is 38.8 Å². The van der Waals surface area contributed by atoms with E-state index in [9.17, 15) is 26.3 Å². The highest BCUT2D eigenvalue weighted by Gasteiger charge is 2.64. The van der Waals surface area contributed by atoms with Crippen molar-refractivity contribution in [3.05, 3.63) is 157 Å². The van der Waals surface area contributed by atoms with Gasteiger partial charge in [0.05, 0.1) is 110 Å². The highest BCUT2D eigenvalue weighted by Crippen LogP contribution is 2.44. The van der Waals surface area contributed by atoms with Gasteiger partial charge < -0.3 is 57.7 Å². The van der Waals surface area contributed by atoms with Crippen molar-refractivity contribution in [3.63, 3.8) is 0 Å². The van der Waals surface area contributed by atoms with Crippen LogP contribution in [0.3, 0.4) is 0 Å². The number of aromatic nitrogens is 6. The van der Waals surface area contributed by atoms with E-state index in [0.717, 1.165) is 56.6 Å². The maximum absolute atomic E-state index is 14.2. The fourth-order valence-electron chi connectivity index (χ4n) is 8.93. The van der Waals surface area contributed by atoms with Gasteiger partial charge in [-0.1, -0.05) is 56.5 Å². The molecule has 0 aliphatic carbocycles. The average Bonchev–Trinajstić information content (AvgIpc) is 1.60. The number of benzene rings is 4. The van der Waals surface area contributed by atoms with E-state index < -0.39 is 83.5 Å². The van der Waals surface area contributed by atoms with Crippen LogP contribution >= 0.6 is 66.7 Å². The van der Waals surface area contributed by atoms with Gasteiger partial charge in [-0.15, -0.1) is 0 Å². The molecule has 0 bridgehead atoms. The number of nitrogens with zero attached hydrogens (tertiary/aromatic N) is 10. The molecule has 3 N–H and O–H groups in total. The number of phenols is 1. The maximum atomic E-state index is 14.2. The number of hydrogen-bond acceptors (Lipinski definition) is 21. The molecular formula is C79H99B3Br2Cl3F6N11O11. The Balaban J connectivity index is 0.000000285. The molecule has 3 aromatic heterocycles. The topological polar surface area (TPSA) is 303 Å². The molecule has 0 amide bonds. The summed E-state index contributed by atoms with van der Waals surface area (Å²) in [6, 6.07) is 26.1. The lowest BCUT2D eigenvalue weighted by molar-refractivity contribution is 0.00578. The molecule has 4 aromatic carbocycles. The standard InChI is InChI=1S/C17H23BFNO3.C15H12ClF2N3O.C12H24B2O4.C11H11BrFNO.C8H13N3O.C6H4BrFO.C6H11N.C4HCl2FN2/c1-15(2,10-20)11-21-14-8-7-12(9-13(14)19)18-22-16(3,4)17(5,6)23-18;1-15(2,7-19)8-22-12-4-3-9(5-10(12)17)13-11(18)6-20-14(16)21-13;1-9(2)10(3,4)16-13(15-9)14-17-11(5,6)12(7,8)18-14;1-11(2,6-14)7-15-10-4-3-8(12)5-9(10)13;9-7-5-10-11(6-7)8-1-3-12-4-2-8;7-4-1-2-6(9)5(8)3-4;1-4-6(2,3)5-7;5-3-2(7)1-8-4(6)9-3/h7-9H,11H2,1-6H3;3-6H,8H2,1-2H3;1-8H3;3-5H,7H2,1-2H3;5-6,8H,1-4,9H2;1-3,9H;4H2,1-3H3;1H. The highest BCUT2D eigenvalue weighted by molar-refractivity contribution is 9.10. The molecule has 4 aliphatic rings. The minimum Gasteiger partial charge on any atom is -0.505 e. The van der Waals surface area contributed by atoms with Crippen LogP contribution in [0.4, 0.5) is 32.0 Å². The molecule has 622 valence electrons. The number of aromatic hydroxyl groups is 1. The first-order chi connectivity index (χ1) is 53.0. The first kappa shape index (κ1) is 99.9. The number of anilines is 1. The summed E-state index contributed by atoms with van der Waals surface area (Å²) in [7, 11) is -1.56. The Hall–Kier alpha value is -7.47. The minimum absolute atomic E-state index is 0.0207. The Labute approximate surface area is 703 Å². The Morgan fingerprint density at radius 1 is 0.522 bits per heavy atom. The average molecular weight is 1790 g/mol. The van der Waals surface area contributed by atoms with Gasteiger partial charge in [-0.3, -0.25) is 4.68 Å². The Morgan fingerprint density at radius 2 is 0.904 bits per heavy atom. The van der Waals surface area contributed by atoms with Crippen LogP contribution in [0.2, 0.25) is 15.7 Å². The summed E-state index contributed by atoms with van der Waals surface area (Å²) < 4.78 is 140. The summed E-state index contributed by atoms with van der Waals surface area (Å²) in [5, 5.41) is 47.4. The fraction of sp³-hybridized carbons (Fsp3) is 0.506. The quantitative estimate of drug-likeness (QED) is 0.0442. The number of hydrogen-bond donors (Lipinski definition) is 2. The van der Waals surface area contributed by atoms with E-state index in [4.69, 9.17) is 114 Å². The van der Waals surface area contributed by atoms with Crippen molar-refractivity contribution in [1.29, 1.82) is 21.0 Å². The number of ether oxygens (including phenoxy) is 4. The van der Waals surface area contributed by atoms with E-state index in [1.807, 2.05) is 115 Å². The van der Waals surface area contributed by atoms with Crippen molar-refractivity contribution in [1.82, 2.24) is 29.7 Å². The molecule has 0 radical (unpaired) electrons. The summed E-state index contributed by atoms with van der Waals surface area (Å²) in [5.74, 6) is -3.64. The second kappa shape index (κ2) is 42.3. The molecule has 22 nitrogen and oxygen atoms in total. The van der Waals surface area contributed by atoms with Gasteiger partial charge in [-0.2, -0.15) is 26.1 Å². The van der Waals surface area contributed by atoms with Gasteiger partial charge in [-0.05, 0) is 253 Å². The van der Waals surface area contributed by atoms with Crippen molar-refractivity contribution in [3.8, 4) is 58.5 Å². The SMILES string of the molecule is CC(C)(C#N)COc1ccc(-c2nc(Cl)ncc2F)cc1F.CC(C)(C#N)COc1ccc(B2OC(C)(C)C(C)(C)O2)cc1F.CC(C)(C#N)COc1ccc(Br)cc1F.CC1(C)OB(B2OC(C)(C)C(C)(C)O2)OC1(C)C.CCC(C)(C)C#N.Fc1cnc(Cl)nc1Cl.Nc1cnn(C2CCOCC2)c1.Oc1ccc(Br)cc1F. The van der Waals surface area contributed by atoms with E-state index in [2.05, 4.69) is 81.2 Å². The summed E-state index contributed by atoms with van der Waals surface area (Å²) >= 11 is 22.3. The molecule has 36 heteroatoms. The third kappa shape index (κ3) is 31.1. The number of halogens is 11. The predicted molar refractivity (Wildman–Crippen MR) is 439 cm³/mol. The van der Waals surface area contributed by atoms with Crippen LogP contribution in [0.15, 0.2) is 107 Å². The second-order valence-corrected chi connectivity index (χ2v) is 35.1. The number of rotatable bonds is 14. The molecule has 7 heterocycles. The van der Waals surface area contributed by atoms with E-state index in [-0.39, 0.29) is 97.6 Å². The summed E-state index contributed by atoms with van der Waals surface area (Å²) in [6.07, 6.45) is 8.43. The zero-order chi connectivity index (χ0) is 87.3. The summed E-state index contributed by atoms with van der Waals surface area (Å²) in [4.78, 5) is 13.9. The van der Waals surface area contributed by atoms with Gasteiger partial charge in [-0.25, -0.2) is 46.3 Å². The Bertz CT molecular complexity index is 4430. The van der Waals surface area contributed by atoms with Crippen LogP contribution in [-0.2, 0) is 32.7 Å². The zero-order valence-corrected chi connectivity index (χ0v) is 73.9. The van der Waals surface area contributed by atoms with Crippen LogP contribution < -0.4 is 25.4 Å². The van der Waals surface area contributed by atoms with Crippen molar-refractivity contribution in [2.45, 2.75) is 204 Å². The molecule has 0 unspecified atom stereocenters. The molecule has 11 rings (SSSR count). The Kier molecular flexibility index (Phi) is 36.7. The predicted octanol–water partition coefficient (Wildman–Crippen LogP) is 19.8. The highest BCUT2D eigenvalue weighted by atomic mass is 79.9. The summed E-state index contributed by atoms with van der Waals surface area (Å²) in [6.45, 7) is 42.2. The van der Waals surface area contributed by atoms with Crippen LogP contribution in [0, 0.1) is 102 Å². The number of nitriles is 4. The van der Waals surface area contributed by atoms with Crippen LogP contribution in [-0.4, -0.2) is 123 Å². The van der Waals surface area contributed by atoms with Crippen molar-refractivity contribution in [2.24, 2.45) is 21.7 Å². The molecule has 7 aromatic rings. The lowest BCUT2D eigenvalue weighted by Gasteiger charge is -2.32. The third-order valence-corrected chi connectivity index (χ3v) is 20.3. The third-order valence-electron chi connectivity index (χ3n) is 18.7. The smallest absolute Gasteiger partial charge is 0.494 e. The van der Waals surface area contributed by atoms with E-state index in [1.165, 1.54) is 42.5 Å². The normalized spacial score (nSPS) is 16.6. The molecule has 115 heavy (non-hydrogen) atoms. The lowest BCUT2D eigenvalue weighted by Crippen LogP contribution is -2.41. The first-order valence-corrected chi connectivity index (χ1v) is 38.9. The van der Waals surface area contributed by atoms with Gasteiger partial charge in [0.2, 0.25) is 10.6 Å². The molecule has 0 spiro atoms. The molecule has 0 atom stereocenters. The zero-order valence-electron chi connectivity index (χ0n) is 68.4. The van der Waals surface area contributed by atoms with Crippen molar-refractivity contribution >= 4 is 98.9 Å². The second-order valence-electron chi connectivity index (χ2n) is 32.3. The van der Waals surface area contributed by atoms with Crippen LogP contribution in [0.1, 0.15) is 171 Å². The van der Waals surface area contributed by atoms with Crippen LogP contribution in [0.25, 0.3) is 11.3 Å². The fourth-order valence-corrected chi connectivity index (χ4v) is 10.0. The number of nitrogen functional groups attached to an aromatic ring is 1. The first-order valence-electron chi connectivity index (χ1n) is 36.2. The number of nitrogens with two attached hydrogens (primary N) is 1. The van der Waals surface area contributed by atoms with Gasteiger partial charge in [0.25, 0.3) is 0 Å². The molecular weight excluding hydrogens is 1690 g/mol. The monoisotopic (exact) mass is 1790 g/mol. The Morgan fingerprint density at radius 3 is 1.26 bits per heavy atom. The molecule has 4 aliphatic heterocycles. The van der Waals surface area contributed by atoms with Gasteiger partial charge in [0, 0.05) is 33.9 Å². The maximum Gasteiger partial charge on any atom is 0.494 e. The van der Waals surface area contributed by atoms with E-state index in [1.54, 1.807) is 72.0 Å². The molecule has 4 fully saturated rings. The van der Waals surface area contributed by atoms with Crippen LogP contribution in [0.5, 0.6) is 23.0 Å². The molecule has 4 saturated heterocycles. The van der Waals surface area contributed by atoms with Gasteiger partial charge >= 0.3 is 21.1 Å². The lowest BCUT2D eigenvalue weighted by atomic mass is 9.49. The van der Waals surface area contributed by atoms with Gasteiger partial charge in [0.1, 0.15) is 25.5 Å². The largest absolute Gasteiger partial charge is 0.505 e.